The van der Waals surface area contributed by atoms with Gasteiger partial charge in [-0.05, 0) is 30.3 Å². The molecule has 0 amide bonds. The Morgan fingerprint density at radius 2 is 1.73 bits per heavy atom. The summed E-state index contributed by atoms with van der Waals surface area (Å²) in [6.07, 6.45) is 1.96. The number of rotatable bonds is 2. The summed E-state index contributed by atoms with van der Waals surface area (Å²) in [5, 5.41) is 1.87. The molecule has 2 heterocycles. The van der Waals surface area contributed by atoms with Gasteiger partial charge in [-0.2, -0.15) is 0 Å². The smallest absolute Gasteiger partial charge is 0.273 e. The number of hydrogen-bond acceptors (Lipinski definition) is 3. The second-order valence-electron chi connectivity index (χ2n) is 5.14. The zero-order chi connectivity index (χ0) is 15.3. The Labute approximate surface area is 125 Å². The van der Waals surface area contributed by atoms with E-state index in [1.165, 1.54) is 0 Å². The highest BCUT2D eigenvalue weighted by atomic mass is 16.5. The van der Waals surface area contributed by atoms with Crippen molar-refractivity contribution in [1.82, 2.24) is 9.38 Å². The summed E-state index contributed by atoms with van der Waals surface area (Å²) in [4.78, 5) is 15.4. The monoisotopic (exact) mass is 294 g/mol. The lowest BCUT2D eigenvalue weighted by Crippen LogP contribution is -2.09. The van der Waals surface area contributed by atoms with Crippen LogP contribution in [0.4, 0.5) is 0 Å². The van der Waals surface area contributed by atoms with E-state index < -0.39 is 0 Å². The molecule has 0 radical (unpaired) electrons. The quantitative estimate of drug-likeness (QED) is 0.618. The zero-order valence-electron chi connectivity index (χ0n) is 12.2. The Kier molecular flexibility index (Phi) is 2.63. The maximum Gasteiger partial charge on any atom is 0.273 e. The van der Waals surface area contributed by atoms with E-state index in [1.807, 2.05) is 47.0 Å². The Balaban J connectivity index is 2.18. The summed E-state index contributed by atoms with van der Waals surface area (Å²) >= 11 is 0. The zero-order valence-corrected chi connectivity index (χ0v) is 12.2. The van der Waals surface area contributed by atoms with Gasteiger partial charge < -0.3 is 18.9 Å². The fourth-order valence-electron chi connectivity index (χ4n) is 2.88. The SMILES string of the molecule is COc1ccc2c(c1)cn1c3ccc(OC)cc3[nH]c(=O)c21. The van der Waals surface area contributed by atoms with Crippen molar-refractivity contribution < 1.29 is 9.47 Å². The molecule has 4 rings (SSSR count). The predicted molar refractivity (Wildman–Crippen MR) is 86.1 cm³/mol. The normalized spacial score (nSPS) is 11.4. The molecule has 5 nitrogen and oxygen atoms in total. The highest BCUT2D eigenvalue weighted by molar-refractivity contribution is 6.00. The average molecular weight is 294 g/mol. The van der Waals surface area contributed by atoms with Gasteiger partial charge in [0.1, 0.15) is 17.0 Å². The number of aromatic amines is 1. The first-order chi connectivity index (χ1) is 10.7. The van der Waals surface area contributed by atoms with Gasteiger partial charge in [0.25, 0.3) is 5.56 Å². The van der Waals surface area contributed by atoms with E-state index in [9.17, 15) is 4.79 Å². The molecule has 0 saturated carbocycles. The molecule has 5 heteroatoms. The molecular weight excluding hydrogens is 280 g/mol. The van der Waals surface area contributed by atoms with Crippen molar-refractivity contribution in [3.05, 3.63) is 52.9 Å². The van der Waals surface area contributed by atoms with Gasteiger partial charge in [0.2, 0.25) is 0 Å². The molecule has 0 bridgehead atoms. The fraction of sp³-hybridized carbons (Fsp3) is 0.118. The number of fused-ring (bicyclic) bond motifs is 5. The Morgan fingerprint density at radius 1 is 1.00 bits per heavy atom. The summed E-state index contributed by atoms with van der Waals surface area (Å²) in [7, 11) is 3.24. The molecule has 0 unspecified atom stereocenters. The van der Waals surface area contributed by atoms with Gasteiger partial charge in [0.15, 0.2) is 0 Å². The lowest BCUT2D eigenvalue weighted by molar-refractivity contribution is 0.415. The molecule has 0 aliphatic rings. The van der Waals surface area contributed by atoms with Crippen molar-refractivity contribution in [1.29, 1.82) is 0 Å². The molecule has 0 atom stereocenters. The second-order valence-corrected chi connectivity index (χ2v) is 5.14. The molecule has 2 aromatic heterocycles. The third-order valence-electron chi connectivity index (χ3n) is 3.95. The highest BCUT2D eigenvalue weighted by Gasteiger charge is 2.11. The van der Waals surface area contributed by atoms with Gasteiger partial charge in [0, 0.05) is 23.0 Å². The van der Waals surface area contributed by atoms with Crippen LogP contribution in [0.3, 0.4) is 0 Å². The van der Waals surface area contributed by atoms with Gasteiger partial charge in [-0.1, -0.05) is 0 Å². The average Bonchev–Trinajstić information content (AvgIpc) is 2.93. The summed E-state index contributed by atoms with van der Waals surface area (Å²) < 4.78 is 12.4. The molecule has 0 spiro atoms. The lowest BCUT2D eigenvalue weighted by atomic mass is 10.2. The van der Waals surface area contributed by atoms with Gasteiger partial charge in [-0.15, -0.1) is 0 Å². The third-order valence-corrected chi connectivity index (χ3v) is 3.95. The van der Waals surface area contributed by atoms with E-state index in [-0.39, 0.29) is 5.56 Å². The molecule has 1 N–H and O–H groups in total. The van der Waals surface area contributed by atoms with E-state index in [4.69, 9.17) is 9.47 Å². The summed E-state index contributed by atoms with van der Waals surface area (Å²) in [5.74, 6) is 1.48. The van der Waals surface area contributed by atoms with Crippen molar-refractivity contribution in [3.8, 4) is 11.5 Å². The molecule has 2 aromatic carbocycles. The van der Waals surface area contributed by atoms with Crippen LogP contribution in [-0.2, 0) is 0 Å². The van der Waals surface area contributed by atoms with Crippen molar-refractivity contribution >= 4 is 27.3 Å². The minimum Gasteiger partial charge on any atom is -0.497 e. The van der Waals surface area contributed by atoms with Crippen molar-refractivity contribution in [2.45, 2.75) is 0 Å². The van der Waals surface area contributed by atoms with Crippen LogP contribution in [-0.4, -0.2) is 23.6 Å². The van der Waals surface area contributed by atoms with E-state index in [0.29, 0.717) is 11.3 Å². The van der Waals surface area contributed by atoms with Crippen LogP contribution in [0.5, 0.6) is 11.5 Å². The first-order valence-electron chi connectivity index (χ1n) is 6.90. The van der Waals surface area contributed by atoms with Gasteiger partial charge >= 0.3 is 0 Å². The van der Waals surface area contributed by atoms with Crippen molar-refractivity contribution in [2.24, 2.45) is 0 Å². The van der Waals surface area contributed by atoms with E-state index in [1.54, 1.807) is 14.2 Å². The topological polar surface area (TPSA) is 55.7 Å². The summed E-state index contributed by atoms with van der Waals surface area (Å²) in [6.45, 7) is 0. The van der Waals surface area contributed by atoms with Crippen molar-refractivity contribution in [2.75, 3.05) is 14.2 Å². The maximum absolute atomic E-state index is 12.5. The number of nitrogens with one attached hydrogen (secondary N) is 1. The van der Waals surface area contributed by atoms with Gasteiger partial charge in [0.05, 0.1) is 25.3 Å². The molecule has 4 aromatic rings. The largest absolute Gasteiger partial charge is 0.497 e. The minimum absolute atomic E-state index is 0.124. The van der Waals surface area contributed by atoms with Crippen LogP contribution in [0.2, 0.25) is 0 Å². The van der Waals surface area contributed by atoms with Crippen LogP contribution in [0.15, 0.2) is 47.4 Å². The number of H-pyrrole nitrogens is 1. The maximum atomic E-state index is 12.5. The van der Waals surface area contributed by atoms with E-state index in [0.717, 1.165) is 27.6 Å². The van der Waals surface area contributed by atoms with Crippen LogP contribution < -0.4 is 15.0 Å². The number of nitrogens with zero attached hydrogens (tertiary/aromatic N) is 1. The Hall–Kier alpha value is -2.95. The predicted octanol–water partition coefficient (Wildman–Crippen LogP) is 2.95. The first kappa shape index (κ1) is 12.8. The fourth-order valence-corrected chi connectivity index (χ4v) is 2.88. The third kappa shape index (κ3) is 1.69. The van der Waals surface area contributed by atoms with E-state index in [2.05, 4.69) is 4.98 Å². The van der Waals surface area contributed by atoms with Crippen molar-refractivity contribution in [3.63, 3.8) is 0 Å². The molecule has 22 heavy (non-hydrogen) atoms. The Bertz CT molecular complexity index is 1080. The number of methoxy groups -OCH3 is 2. The standard InChI is InChI=1S/C17H14N2O3/c1-21-11-3-5-13-10(7-11)9-19-15-6-4-12(22-2)8-14(15)18-17(20)16(13)19/h3-9H,1-2H3,(H,18,20). The molecule has 0 aliphatic heterocycles. The number of hydrogen-bond donors (Lipinski definition) is 1. The van der Waals surface area contributed by atoms with Crippen LogP contribution in [0.25, 0.3) is 27.3 Å². The Morgan fingerprint density at radius 3 is 2.50 bits per heavy atom. The van der Waals surface area contributed by atoms with Crippen LogP contribution >= 0.6 is 0 Å². The van der Waals surface area contributed by atoms with Gasteiger partial charge in [-0.25, -0.2) is 0 Å². The molecule has 0 saturated heterocycles. The molecule has 110 valence electrons. The van der Waals surface area contributed by atoms with Gasteiger partial charge in [-0.3, -0.25) is 4.79 Å². The minimum atomic E-state index is -0.124. The van der Waals surface area contributed by atoms with E-state index >= 15 is 0 Å². The van der Waals surface area contributed by atoms with Crippen LogP contribution in [0, 0.1) is 0 Å². The number of aromatic nitrogens is 2. The molecule has 0 fully saturated rings. The summed E-state index contributed by atoms with van der Waals surface area (Å²) in [5.41, 5.74) is 2.17. The highest BCUT2D eigenvalue weighted by Crippen LogP contribution is 2.27. The first-order valence-corrected chi connectivity index (χ1v) is 6.90. The van der Waals surface area contributed by atoms with Crippen LogP contribution in [0.1, 0.15) is 0 Å². The lowest BCUT2D eigenvalue weighted by Gasteiger charge is -2.05. The second kappa shape index (κ2) is 4.53. The number of ether oxygens (including phenoxy) is 2. The summed E-state index contributed by atoms with van der Waals surface area (Å²) in [6, 6.07) is 11.3. The molecule has 0 aliphatic carbocycles. The molecular formula is C17H14N2O3. The number of benzene rings is 2.